The van der Waals surface area contributed by atoms with Crippen molar-refractivity contribution in [1.82, 2.24) is 9.97 Å². The van der Waals surface area contributed by atoms with Gasteiger partial charge in [-0.2, -0.15) is 0 Å². The molecule has 0 aliphatic rings. The Balaban J connectivity index is 2.64. The van der Waals surface area contributed by atoms with Crippen molar-refractivity contribution >= 4 is 11.8 Å². The number of carboxylic acid groups (broad SMARTS) is 1. The molecule has 6 heteroatoms. The van der Waals surface area contributed by atoms with Crippen LogP contribution < -0.4 is 11.1 Å². The van der Waals surface area contributed by atoms with E-state index in [2.05, 4.69) is 15.3 Å². The SMILES string of the molecule is NCCNc1cnc(C(=O)O)cn1. The van der Waals surface area contributed by atoms with Gasteiger partial charge < -0.3 is 16.2 Å². The van der Waals surface area contributed by atoms with E-state index in [0.29, 0.717) is 18.9 Å². The summed E-state index contributed by atoms with van der Waals surface area (Å²) >= 11 is 0. The van der Waals surface area contributed by atoms with Gasteiger partial charge >= 0.3 is 5.97 Å². The molecule has 0 aromatic carbocycles. The molecule has 1 aromatic heterocycles. The lowest BCUT2D eigenvalue weighted by Gasteiger charge is -2.01. The minimum atomic E-state index is -1.09. The molecule has 1 rings (SSSR count). The molecular weight excluding hydrogens is 172 g/mol. The zero-order valence-electron chi connectivity index (χ0n) is 6.90. The summed E-state index contributed by atoms with van der Waals surface area (Å²) in [6.07, 6.45) is 2.56. The lowest BCUT2D eigenvalue weighted by molar-refractivity contribution is 0.0690. The van der Waals surface area contributed by atoms with Gasteiger partial charge in [-0.15, -0.1) is 0 Å². The average Bonchev–Trinajstić information content (AvgIpc) is 2.15. The van der Waals surface area contributed by atoms with E-state index < -0.39 is 5.97 Å². The second kappa shape index (κ2) is 4.36. The van der Waals surface area contributed by atoms with Crippen LogP contribution in [0.1, 0.15) is 10.5 Å². The largest absolute Gasteiger partial charge is 0.476 e. The Kier molecular flexibility index (Phi) is 3.15. The molecule has 0 aliphatic carbocycles. The van der Waals surface area contributed by atoms with Crippen LogP contribution in [0.2, 0.25) is 0 Å². The average molecular weight is 182 g/mol. The number of nitrogens with two attached hydrogens (primary N) is 1. The van der Waals surface area contributed by atoms with Crippen molar-refractivity contribution < 1.29 is 9.90 Å². The number of hydrogen-bond donors (Lipinski definition) is 3. The lowest BCUT2D eigenvalue weighted by Crippen LogP contribution is -2.14. The third-order valence-corrected chi connectivity index (χ3v) is 1.32. The fraction of sp³-hybridized carbons (Fsp3) is 0.286. The van der Waals surface area contributed by atoms with Gasteiger partial charge in [0.2, 0.25) is 0 Å². The highest BCUT2D eigenvalue weighted by Crippen LogP contribution is 1.99. The fourth-order valence-electron chi connectivity index (χ4n) is 0.730. The first-order valence-corrected chi connectivity index (χ1v) is 3.73. The maximum absolute atomic E-state index is 10.4. The molecule has 70 valence electrons. The Morgan fingerprint density at radius 3 is 2.77 bits per heavy atom. The third-order valence-electron chi connectivity index (χ3n) is 1.32. The van der Waals surface area contributed by atoms with Gasteiger partial charge in [-0.1, -0.05) is 0 Å². The van der Waals surface area contributed by atoms with Gasteiger partial charge in [-0.25, -0.2) is 14.8 Å². The Labute approximate surface area is 74.8 Å². The van der Waals surface area contributed by atoms with E-state index in [1.165, 1.54) is 12.4 Å². The first kappa shape index (κ1) is 9.40. The molecule has 0 unspecified atom stereocenters. The Hall–Kier alpha value is -1.69. The van der Waals surface area contributed by atoms with Crippen molar-refractivity contribution in [1.29, 1.82) is 0 Å². The molecule has 0 atom stereocenters. The highest BCUT2D eigenvalue weighted by Gasteiger charge is 2.03. The van der Waals surface area contributed by atoms with E-state index in [1.807, 2.05) is 0 Å². The molecule has 0 aliphatic heterocycles. The molecule has 4 N–H and O–H groups in total. The van der Waals surface area contributed by atoms with Crippen molar-refractivity contribution in [3.63, 3.8) is 0 Å². The molecule has 0 amide bonds. The zero-order valence-corrected chi connectivity index (χ0v) is 6.90. The number of aromatic carboxylic acids is 1. The van der Waals surface area contributed by atoms with Gasteiger partial charge in [0.15, 0.2) is 5.69 Å². The molecule has 6 nitrogen and oxygen atoms in total. The van der Waals surface area contributed by atoms with Crippen molar-refractivity contribution in [2.45, 2.75) is 0 Å². The van der Waals surface area contributed by atoms with E-state index in [4.69, 9.17) is 10.8 Å². The summed E-state index contributed by atoms with van der Waals surface area (Å²) in [4.78, 5) is 17.9. The molecule has 1 heterocycles. The molecule has 0 spiro atoms. The van der Waals surface area contributed by atoms with Crippen LogP contribution >= 0.6 is 0 Å². The van der Waals surface area contributed by atoms with Crippen LogP contribution in [0.15, 0.2) is 12.4 Å². The van der Waals surface area contributed by atoms with E-state index >= 15 is 0 Å². The van der Waals surface area contributed by atoms with Gasteiger partial charge in [0.1, 0.15) is 5.82 Å². The van der Waals surface area contributed by atoms with Gasteiger partial charge in [0, 0.05) is 13.1 Å². The predicted molar refractivity (Wildman–Crippen MR) is 46.5 cm³/mol. The third kappa shape index (κ3) is 2.68. The van der Waals surface area contributed by atoms with Crippen molar-refractivity contribution in [2.75, 3.05) is 18.4 Å². The van der Waals surface area contributed by atoms with Crippen LogP contribution in [-0.2, 0) is 0 Å². The summed E-state index contributed by atoms with van der Waals surface area (Å²) in [6, 6.07) is 0. The molecule has 13 heavy (non-hydrogen) atoms. The summed E-state index contributed by atoms with van der Waals surface area (Å²) in [7, 11) is 0. The first-order valence-electron chi connectivity index (χ1n) is 3.73. The Bertz CT molecular complexity index is 285. The first-order chi connectivity index (χ1) is 6.24. The number of rotatable bonds is 4. The quantitative estimate of drug-likeness (QED) is 0.582. The normalized spacial score (nSPS) is 9.62. The summed E-state index contributed by atoms with van der Waals surface area (Å²) in [5, 5.41) is 11.4. The van der Waals surface area contributed by atoms with E-state index in [1.54, 1.807) is 0 Å². The van der Waals surface area contributed by atoms with Crippen molar-refractivity contribution in [3.8, 4) is 0 Å². The van der Waals surface area contributed by atoms with Crippen LogP contribution in [0.5, 0.6) is 0 Å². The highest BCUT2D eigenvalue weighted by atomic mass is 16.4. The number of nitrogens with zero attached hydrogens (tertiary/aromatic N) is 2. The number of anilines is 1. The van der Waals surface area contributed by atoms with Crippen molar-refractivity contribution in [3.05, 3.63) is 18.1 Å². The summed E-state index contributed by atoms with van der Waals surface area (Å²) in [5.74, 6) is -0.562. The summed E-state index contributed by atoms with van der Waals surface area (Å²) in [5.41, 5.74) is 5.18. The Morgan fingerprint density at radius 2 is 2.31 bits per heavy atom. The fourth-order valence-corrected chi connectivity index (χ4v) is 0.730. The number of aromatic nitrogens is 2. The molecule has 0 bridgehead atoms. The van der Waals surface area contributed by atoms with E-state index in [9.17, 15) is 4.79 Å². The summed E-state index contributed by atoms with van der Waals surface area (Å²) < 4.78 is 0. The van der Waals surface area contributed by atoms with Gasteiger partial charge in [0.25, 0.3) is 0 Å². The standard InChI is InChI=1S/C7H10N4O2/c8-1-2-9-6-4-10-5(3-11-6)7(12)13/h3-4H,1-2,8H2,(H,9,11)(H,12,13). The number of carbonyl (C=O) groups is 1. The van der Waals surface area contributed by atoms with Crippen LogP contribution in [-0.4, -0.2) is 34.1 Å². The topological polar surface area (TPSA) is 101 Å². The molecule has 0 saturated heterocycles. The van der Waals surface area contributed by atoms with Gasteiger partial charge in [0.05, 0.1) is 12.4 Å². The second-order valence-electron chi connectivity index (χ2n) is 2.31. The monoisotopic (exact) mass is 182 g/mol. The number of carboxylic acids is 1. The zero-order chi connectivity index (χ0) is 9.68. The molecule has 0 fully saturated rings. The van der Waals surface area contributed by atoms with Crippen LogP contribution in [0.4, 0.5) is 5.82 Å². The van der Waals surface area contributed by atoms with Crippen LogP contribution in [0.3, 0.4) is 0 Å². The van der Waals surface area contributed by atoms with E-state index in [0.717, 1.165) is 0 Å². The highest BCUT2D eigenvalue weighted by molar-refractivity contribution is 5.84. The lowest BCUT2D eigenvalue weighted by atomic mass is 10.4. The minimum absolute atomic E-state index is 0.0710. The van der Waals surface area contributed by atoms with Crippen molar-refractivity contribution in [2.24, 2.45) is 5.73 Å². The Morgan fingerprint density at radius 1 is 1.54 bits per heavy atom. The maximum atomic E-state index is 10.4. The number of nitrogens with one attached hydrogen (secondary N) is 1. The van der Waals surface area contributed by atoms with Gasteiger partial charge in [-0.05, 0) is 0 Å². The number of hydrogen-bond acceptors (Lipinski definition) is 5. The van der Waals surface area contributed by atoms with E-state index in [-0.39, 0.29) is 5.69 Å². The van der Waals surface area contributed by atoms with Crippen LogP contribution in [0, 0.1) is 0 Å². The van der Waals surface area contributed by atoms with Gasteiger partial charge in [-0.3, -0.25) is 0 Å². The predicted octanol–water partition coefficient (Wildman–Crippen LogP) is -0.455. The molecule has 0 radical (unpaired) electrons. The second-order valence-corrected chi connectivity index (χ2v) is 2.31. The maximum Gasteiger partial charge on any atom is 0.356 e. The molecule has 0 saturated carbocycles. The summed E-state index contributed by atoms with van der Waals surface area (Å²) in [6.45, 7) is 1.07. The van der Waals surface area contributed by atoms with Crippen LogP contribution in [0.25, 0.3) is 0 Å². The molecule has 1 aromatic rings. The minimum Gasteiger partial charge on any atom is -0.476 e. The molecular formula is C7H10N4O2. The smallest absolute Gasteiger partial charge is 0.356 e.